The molecule has 0 spiro atoms. The molecule has 3 N–H and O–H groups in total. The van der Waals surface area contributed by atoms with Gasteiger partial charge in [0.25, 0.3) is 0 Å². The predicted octanol–water partition coefficient (Wildman–Crippen LogP) is 1.27. The van der Waals surface area contributed by atoms with Crippen molar-refractivity contribution in [3.8, 4) is 0 Å². The van der Waals surface area contributed by atoms with E-state index >= 15 is 0 Å². The zero-order valence-corrected chi connectivity index (χ0v) is 15.3. The van der Waals surface area contributed by atoms with Gasteiger partial charge >= 0.3 is 117 Å². The number of benzene rings is 1. The minimum absolute atomic E-state index is 0. The number of halogens is 1. The van der Waals surface area contributed by atoms with Gasteiger partial charge in [0.15, 0.2) is 0 Å². The fraction of sp³-hybridized carbons (Fsp3) is 0.571. The number of thiol groups is 1. The van der Waals surface area contributed by atoms with Crippen molar-refractivity contribution in [1.82, 2.24) is 5.32 Å². The Balaban J connectivity index is 0.00000147. The summed E-state index contributed by atoms with van der Waals surface area (Å²) in [4.78, 5) is 4.61. The summed E-state index contributed by atoms with van der Waals surface area (Å²) >= 11 is -2.51. The van der Waals surface area contributed by atoms with Gasteiger partial charge in [0.2, 0.25) is 0 Å². The first kappa shape index (κ1) is 16.4. The molecule has 6 heteroatoms. The molecule has 1 saturated carbocycles. The number of hydrogen-bond donors (Lipinski definition) is 3. The van der Waals surface area contributed by atoms with Crippen LogP contribution in [0.25, 0.3) is 0 Å². The maximum absolute atomic E-state index is 13.5. The molecule has 1 aliphatic heterocycles. The van der Waals surface area contributed by atoms with Crippen molar-refractivity contribution in [1.29, 1.82) is 0 Å². The van der Waals surface area contributed by atoms with Crippen LogP contribution in [-0.4, -0.2) is 40.2 Å². The third-order valence-electron chi connectivity index (χ3n) is 4.57. The fourth-order valence-electron chi connectivity index (χ4n) is 2.99. The average Bonchev–Trinajstić information content (AvgIpc) is 2.56. The van der Waals surface area contributed by atoms with E-state index in [1.54, 1.807) is 6.07 Å². The van der Waals surface area contributed by atoms with Gasteiger partial charge in [0.05, 0.1) is 0 Å². The number of hydrogen-bond acceptors (Lipinski definition) is 4. The number of nitrogens with one attached hydrogen (secondary N) is 2. The van der Waals surface area contributed by atoms with Crippen molar-refractivity contribution in [2.24, 2.45) is 0 Å². The molecule has 1 unspecified atom stereocenters. The van der Waals surface area contributed by atoms with Gasteiger partial charge in [0, 0.05) is 0 Å². The molecule has 0 radical (unpaired) electrons. The van der Waals surface area contributed by atoms with Gasteiger partial charge in [-0.15, -0.1) is 0 Å². The Hall–Kier alpha value is 0.0382. The van der Waals surface area contributed by atoms with Gasteiger partial charge in [-0.2, -0.15) is 0 Å². The van der Waals surface area contributed by atoms with E-state index in [-0.39, 0.29) is 35.6 Å². The summed E-state index contributed by atoms with van der Waals surface area (Å²) in [5, 5.41) is 16.8. The second-order valence-electron chi connectivity index (χ2n) is 6.18. The van der Waals surface area contributed by atoms with Crippen LogP contribution >= 0.6 is 0 Å². The SMILES string of the molecule is [CH3][Sb+]1([CH3])[c]2cc(F)ccc2N[CH]1NC1(CO)CCC1.[SH-]. The summed E-state index contributed by atoms with van der Waals surface area (Å²) in [6.07, 6.45) is 3.25. The molecule has 1 atom stereocenters. The first-order chi connectivity index (χ1) is 8.97. The standard InChI is InChI=1S/C12H15FN2O.2CH3.H2S.Sb/c13-10-2-4-11(5-3-10)14-9-15-12(8-16)6-1-7-12;;;;/h2-4,9,14-16H,1,6-8H2;2*1H3;1H2;/q;;;;+1/p-1. The molecule has 112 valence electrons. The quantitative estimate of drug-likeness (QED) is 0.401. The van der Waals surface area contributed by atoms with Crippen molar-refractivity contribution in [2.75, 3.05) is 11.9 Å². The third kappa shape index (κ3) is 2.58. The van der Waals surface area contributed by atoms with Crippen molar-refractivity contribution < 1.29 is 9.50 Å². The number of fused-ring (bicyclic) bond motifs is 1. The van der Waals surface area contributed by atoms with E-state index in [0.717, 1.165) is 18.5 Å². The molecular formula is C14H22FN2OSSb. The maximum Gasteiger partial charge on any atom is -0.813 e. The van der Waals surface area contributed by atoms with Crippen LogP contribution in [0.3, 0.4) is 0 Å². The summed E-state index contributed by atoms with van der Waals surface area (Å²) < 4.78 is 14.9. The van der Waals surface area contributed by atoms with Crippen molar-refractivity contribution in [3.63, 3.8) is 0 Å². The third-order valence-corrected chi connectivity index (χ3v) is 13.6. The normalized spacial score (nSPS) is 25.1. The number of aliphatic hydroxyl groups is 1. The van der Waals surface area contributed by atoms with E-state index < -0.39 is 18.8 Å². The van der Waals surface area contributed by atoms with Crippen LogP contribution in [0, 0.1) is 5.82 Å². The molecule has 0 amide bonds. The molecule has 0 saturated heterocycles. The zero-order valence-electron chi connectivity index (χ0n) is 11.9. The van der Waals surface area contributed by atoms with Gasteiger partial charge in [-0.25, -0.2) is 0 Å². The molecule has 1 heterocycles. The number of rotatable bonds is 3. The molecular weight excluding hydrogens is 385 g/mol. The van der Waals surface area contributed by atoms with Crippen LogP contribution in [0.4, 0.5) is 10.1 Å². The molecule has 1 aliphatic carbocycles. The van der Waals surface area contributed by atoms with E-state index in [4.69, 9.17) is 0 Å². The molecule has 0 aromatic heterocycles. The summed E-state index contributed by atoms with van der Waals surface area (Å²) in [5.41, 5.74) is 0.964. The predicted molar refractivity (Wildman–Crippen MR) is 86.5 cm³/mol. The molecule has 20 heavy (non-hydrogen) atoms. The first-order valence-electron chi connectivity index (χ1n) is 6.76. The summed E-state index contributed by atoms with van der Waals surface area (Å²) in [6.45, 7) is 0.191. The van der Waals surface area contributed by atoms with Gasteiger partial charge in [-0.3, -0.25) is 0 Å². The Morgan fingerprint density at radius 2 is 2.15 bits per heavy atom. The molecule has 3 rings (SSSR count). The summed E-state index contributed by atoms with van der Waals surface area (Å²) in [7, 11) is 0. The van der Waals surface area contributed by atoms with Crippen LogP contribution < -0.4 is 14.1 Å². The molecule has 1 fully saturated rings. The summed E-state index contributed by atoms with van der Waals surface area (Å²) in [6, 6.07) is 5.05. The fourth-order valence-corrected chi connectivity index (χ4v) is 10.3. The second-order valence-corrected chi connectivity index (χ2v) is 17.8. The zero-order chi connectivity index (χ0) is 13.7. The monoisotopic (exact) mass is 406 g/mol. The van der Waals surface area contributed by atoms with Gasteiger partial charge in [-0.1, -0.05) is 0 Å². The van der Waals surface area contributed by atoms with Crippen LogP contribution in [0.1, 0.15) is 19.3 Å². The molecule has 2 aliphatic rings. The topological polar surface area (TPSA) is 44.3 Å². The molecule has 1 aromatic carbocycles. The van der Waals surface area contributed by atoms with Crippen LogP contribution in [-0.2, 0) is 13.5 Å². The smallest absolute Gasteiger partial charge is 0.813 e. The van der Waals surface area contributed by atoms with Gasteiger partial charge < -0.3 is 13.5 Å². The largest absolute Gasteiger partial charge is 0.813 e. The van der Waals surface area contributed by atoms with Crippen LogP contribution in [0.15, 0.2) is 18.2 Å². The van der Waals surface area contributed by atoms with Crippen LogP contribution in [0.5, 0.6) is 0 Å². The van der Waals surface area contributed by atoms with E-state index in [1.165, 1.54) is 16.0 Å². The Bertz CT molecular complexity index is 502. The Morgan fingerprint density at radius 3 is 2.70 bits per heavy atom. The second kappa shape index (κ2) is 5.68. The van der Waals surface area contributed by atoms with E-state index in [1.807, 2.05) is 6.07 Å². The van der Waals surface area contributed by atoms with Crippen molar-refractivity contribution >= 4 is 41.5 Å². The molecule has 3 nitrogen and oxygen atoms in total. The maximum atomic E-state index is 13.5. The van der Waals surface area contributed by atoms with E-state index in [2.05, 4.69) is 20.4 Å². The molecule has 1 aromatic rings. The number of anilines is 1. The summed E-state index contributed by atoms with van der Waals surface area (Å²) in [5.74, 6) is -0.149. The van der Waals surface area contributed by atoms with E-state index in [0.29, 0.717) is 0 Å². The number of aliphatic hydroxyl groups excluding tert-OH is 1. The van der Waals surface area contributed by atoms with Crippen LogP contribution in [0.2, 0.25) is 9.74 Å². The molecule has 0 bridgehead atoms. The van der Waals surface area contributed by atoms with Crippen molar-refractivity contribution in [2.45, 2.75) is 38.7 Å². The van der Waals surface area contributed by atoms with Gasteiger partial charge in [0.1, 0.15) is 0 Å². The first-order valence-corrected chi connectivity index (χ1v) is 14.6. The Labute approximate surface area is 130 Å². The van der Waals surface area contributed by atoms with E-state index in [9.17, 15) is 9.50 Å². The van der Waals surface area contributed by atoms with Gasteiger partial charge in [-0.05, 0) is 0 Å². The minimum atomic E-state index is -2.51. The Kier molecular flexibility index (Phi) is 4.66. The Morgan fingerprint density at radius 1 is 1.45 bits per heavy atom. The van der Waals surface area contributed by atoms with Crippen molar-refractivity contribution in [3.05, 3.63) is 24.0 Å². The minimum Gasteiger partial charge on any atom is -0.813 e. The average molecular weight is 407 g/mol.